The van der Waals surface area contributed by atoms with Gasteiger partial charge in [0.25, 0.3) is 5.91 Å². The molecule has 1 unspecified atom stereocenters. The van der Waals surface area contributed by atoms with E-state index in [0.29, 0.717) is 36.2 Å². The van der Waals surface area contributed by atoms with Gasteiger partial charge in [0.1, 0.15) is 16.5 Å². The van der Waals surface area contributed by atoms with E-state index in [2.05, 4.69) is 15.5 Å². The highest BCUT2D eigenvalue weighted by atomic mass is 35.5. The molecule has 1 atom stereocenters. The molecule has 0 heterocycles. The van der Waals surface area contributed by atoms with Gasteiger partial charge in [-0.25, -0.2) is 0 Å². The topological polar surface area (TPSA) is 108 Å². The number of rotatable bonds is 11. The minimum absolute atomic E-state index is 0.166. The van der Waals surface area contributed by atoms with Gasteiger partial charge >= 0.3 is 0 Å². The summed E-state index contributed by atoms with van der Waals surface area (Å²) < 4.78 is 21.4. The van der Waals surface area contributed by atoms with Crippen molar-refractivity contribution in [2.45, 2.75) is 26.8 Å². The predicted octanol–water partition coefficient (Wildman–Crippen LogP) is 5.49. The molecule has 0 saturated carbocycles. The summed E-state index contributed by atoms with van der Waals surface area (Å²) in [6, 6.07) is 4.71. The van der Waals surface area contributed by atoms with Gasteiger partial charge in [0.15, 0.2) is 17.3 Å². The Hall–Kier alpha value is -3.04. The number of carbonyl (C=O) groups excluding carboxylic acids is 2. The number of azo groups is 1. The maximum absolute atomic E-state index is 12.9. The van der Waals surface area contributed by atoms with Gasteiger partial charge in [-0.05, 0) is 26.8 Å². The van der Waals surface area contributed by atoms with Crippen LogP contribution >= 0.6 is 23.2 Å². The number of ketones is 1. The Bertz CT molecular complexity index is 1050. The number of amides is 1. The van der Waals surface area contributed by atoms with Crippen LogP contribution in [0.2, 0.25) is 10.0 Å². The zero-order chi connectivity index (χ0) is 24.5. The summed E-state index contributed by atoms with van der Waals surface area (Å²) in [6.45, 7) is 5.61. The molecule has 2 aromatic carbocycles. The average Bonchev–Trinajstić information content (AvgIpc) is 2.76. The number of benzene rings is 2. The normalized spacial score (nSPS) is 11.7. The SMILES string of the molecule is CCOc1cc(NC(=O)C(N=Nc2cc(Cl)c(OC)c(OC)c2)C(C)=O)c(Cl)c(OCC)c1. The minimum atomic E-state index is -1.43. The van der Waals surface area contributed by atoms with Gasteiger partial charge in [-0.15, -0.1) is 0 Å². The van der Waals surface area contributed by atoms with E-state index in [0.717, 1.165) is 0 Å². The first-order valence-electron chi connectivity index (χ1n) is 9.98. The Morgan fingerprint density at radius 3 is 2.27 bits per heavy atom. The summed E-state index contributed by atoms with van der Waals surface area (Å²) in [5.74, 6) is 0.183. The maximum Gasteiger partial charge on any atom is 0.258 e. The van der Waals surface area contributed by atoms with Gasteiger partial charge in [0.05, 0.1) is 43.8 Å². The standard InChI is InChI=1S/C22H25Cl2N3O6/c1-6-32-14-10-16(19(24)17(11-14)33-7-2)25-22(29)20(12(3)28)27-26-13-8-15(23)21(31-5)18(9-13)30-4/h8-11,20H,6-7H2,1-5H3,(H,25,29). The van der Waals surface area contributed by atoms with E-state index in [1.807, 2.05) is 6.92 Å². The van der Waals surface area contributed by atoms with Crippen LogP contribution in [0.25, 0.3) is 0 Å². The van der Waals surface area contributed by atoms with Crippen LogP contribution in [0.4, 0.5) is 11.4 Å². The van der Waals surface area contributed by atoms with Crippen molar-refractivity contribution in [2.75, 3.05) is 32.8 Å². The van der Waals surface area contributed by atoms with Crippen LogP contribution in [0.1, 0.15) is 20.8 Å². The van der Waals surface area contributed by atoms with Gasteiger partial charge in [-0.3, -0.25) is 9.59 Å². The first-order valence-corrected chi connectivity index (χ1v) is 10.7. The minimum Gasteiger partial charge on any atom is -0.494 e. The highest BCUT2D eigenvalue weighted by Gasteiger charge is 2.25. The van der Waals surface area contributed by atoms with Crippen LogP contribution in [-0.2, 0) is 9.59 Å². The second-order valence-corrected chi connectivity index (χ2v) is 7.32. The molecular weight excluding hydrogens is 473 g/mol. The number of methoxy groups -OCH3 is 2. The molecule has 0 aromatic heterocycles. The number of carbonyl (C=O) groups is 2. The smallest absolute Gasteiger partial charge is 0.258 e. The third kappa shape index (κ3) is 6.72. The molecule has 0 radical (unpaired) electrons. The number of anilines is 1. The van der Waals surface area contributed by atoms with Crippen LogP contribution in [0.5, 0.6) is 23.0 Å². The molecule has 9 nitrogen and oxygen atoms in total. The van der Waals surface area contributed by atoms with Gasteiger partial charge in [0, 0.05) is 18.2 Å². The number of nitrogens with zero attached hydrogens (tertiary/aromatic N) is 2. The first-order chi connectivity index (χ1) is 15.7. The van der Waals surface area contributed by atoms with Crippen molar-refractivity contribution in [1.29, 1.82) is 0 Å². The molecule has 0 spiro atoms. The molecule has 2 aromatic rings. The molecule has 0 bridgehead atoms. The number of Topliss-reactive ketones (excluding diaryl/α,β-unsaturated/α-hetero) is 1. The number of ether oxygens (including phenoxy) is 4. The summed E-state index contributed by atoms with van der Waals surface area (Å²) >= 11 is 12.5. The van der Waals surface area contributed by atoms with Crippen molar-refractivity contribution in [3.8, 4) is 23.0 Å². The van der Waals surface area contributed by atoms with E-state index < -0.39 is 17.7 Å². The van der Waals surface area contributed by atoms with Crippen LogP contribution in [0.15, 0.2) is 34.5 Å². The predicted molar refractivity (Wildman–Crippen MR) is 126 cm³/mol. The molecule has 2 rings (SSSR count). The molecule has 1 N–H and O–H groups in total. The molecule has 178 valence electrons. The highest BCUT2D eigenvalue weighted by molar-refractivity contribution is 6.35. The van der Waals surface area contributed by atoms with Crippen molar-refractivity contribution in [2.24, 2.45) is 10.2 Å². The summed E-state index contributed by atoms with van der Waals surface area (Å²) in [7, 11) is 2.89. The first kappa shape index (κ1) is 26.2. The molecule has 0 aliphatic carbocycles. The van der Waals surface area contributed by atoms with Gasteiger partial charge in [-0.2, -0.15) is 10.2 Å². The van der Waals surface area contributed by atoms with Crippen LogP contribution < -0.4 is 24.3 Å². The molecule has 0 aliphatic heterocycles. The lowest BCUT2D eigenvalue weighted by Crippen LogP contribution is -2.32. The van der Waals surface area contributed by atoms with Crippen LogP contribution in [0.3, 0.4) is 0 Å². The van der Waals surface area contributed by atoms with Gasteiger partial charge in [-0.1, -0.05) is 23.2 Å². The number of hydrogen-bond acceptors (Lipinski definition) is 8. The lowest BCUT2D eigenvalue weighted by atomic mass is 10.2. The zero-order valence-corrected chi connectivity index (χ0v) is 20.4. The largest absolute Gasteiger partial charge is 0.494 e. The molecule has 33 heavy (non-hydrogen) atoms. The van der Waals surface area contributed by atoms with Crippen molar-refractivity contribution in [3.63, 3.8) is 0 Å². The monoisotopic (exact) mass is 497 g/mol. The third-order valence-corrected chi connectivity index (χ3v) is 4.89. The van der Waals surface area contributed by atoms with E-state index in [1.165, 1.54) is 39.3 Å². The lowest BCUT2D eigenvalue weighted by Gasteiger charge is -2.15. The van der Waals surface area contributed by atoms with Crippen molar-refractivity contribution in [3.05, 3.63) is 34.3 Å². The zero-order valence-electron chi connectivity index (χ0n) is 18.9. The third-order valence-electron chi connectivity index (χ3n) is 4.22. The van der Waals surface area contributed by atoms with Crippen molar-refractivity contribution in [1.82, 2.24) is 0 Å². The quantitative estimate of drug-likeness (QED) is 0.324. The fourth-order valence-electron chi connectivity index (χ4n) is 2.78. The van der Waals surface area contributed by atoms with E-state index in [4.69, 9.17) is 42.1 Å². The lowest BCUT2D eigenvalue weighted by molar-refractivity contribution is -0.126. The van der Waals surface area contributed by atoms with E-state index in [-0.39, 0.29) is 21.4 Å². The number of halogens is 2. The summed E-state index contributed by atoms with van der Waals surface area (Å²) in [5, 5.41) is 10.9. The molecule has 11 heteroatoms. The maximum atomic E-state index is 12.9. The molecular formula is C22H25Cl2N3O6. The Morgan fingerprint density at radius 2 is 1.70 bits per heavy atom. The second-order valence-electron chi connectivity index (χ2n) is 6.53. The van der Waals surface area contributed by atoms with Gasteiger partial charge in [0.2, 0.25) is 6.04 Å². The fourth-order valence-corrected chi connectivity index (χ4v) is 3.27. The van der Waals surface area contributed by atoms with Crippen LogP contribution in [-0.4, -0.2) is 45.2 Å². The van der Waals surface area contributed by atoms with E-state index in [9.17, 15) is 9.59 Å². The summed E-state index contributed by atoms with van der Waals surface area (Å²) in [4.78, 5) is 25.0. The summed E-state index contributed by atoms with van der Waals surface area (Å²) in [5.41, 5.74) is 0.485. The average molecular weight is 498 g/mol. The molecule has 1 amide bonds. The second kappa shape index (κ2) is 12.3. The molecule has 0 aliphatic rings. The molecule has 0 saturated heterocycles. The Labute approximate surface area is 202 Å². The van der Waals surface area contributed by atoms with E-state index in [1.54, 1.807) is 13.0 Å². The highest BCUT2D eigenvalue weighted by Crippen LogP contribution is 2.39. The number of hydrogen-bond donors (Lipinski definition) is 1. The van der Waals surface area contributed by atoms with Gasteiger partial charge < -0.3 is 24.3 Å². The molecule has 0 fully saturated rings. The Morgan fingerprint density at radius 1 is 1.00 bits per heavy atom. The Kier molecular flexibility index (Phi) is 9.74. The van der Waals surface area contributed by atoms with Crippen molar-refractivity contribution >= 4 is 46.3 Å². The van der Waals surface area contributed by atoms with E-state index >= 15 is 0 Å². The Balaban J connectivity index is 2.33. The van der Waals surface area contributed by atoms with Crippen LogP contribution in [0, 0.1) is 0 Å². The van der Waals surface area contributed by atoms with Crippen molar-refractivity contribution < 1.29 is 28.5 Å². The number of nitrogens with one attached hydrogen (secondary N) is 1. The summed E-state index contributed by atoms with van der Waals surface area (Å²) in [6.07, 6.45) is 0. The fraction of sp³-hybridized carbons (Fsp3) is 0.364.